The standard InChI is InChI=1S/C14H26N2O/c1-10-7-13(8-11(2)17-10)15-14-9-16-5-3-12(14)4-6-16/h10-15H,3-9H2,1-2H3. The second-order valence-corrected chi connectivity index (χ2v) is 6.34. The van der Waals surface area contributed by atoms with Crippen LogP contribution in [0.2, 0.25) is 0 Å². The normalized spacial score (nSPS) is 50.5. The molecule has 4 aliphatic heterocycles. The first-order valence-corrected chi connectivity index (χ1v) is 7.34. The first-order valence-electron chi connectivity index (χ1n) is 7.34. The fourth-order valence-electron chi connectivity index (χ4n) is 4.00. The minimum atomic E-state index is 0.428. The Kier molecular flexibility index (Phi) is 3.42. The maximum Gasteiger partial charge on any atom is 0.0565 e. The molecule has 4 fully saturated rings. The van der Waals surface area contributed by atoms with Crippen LogP contribution in [0.1, 0.15) is 39.5 Å². The average Bonchev–Trinajstić information content (AvgIpc) is 2.29. The maximum absolute atomic E-state index is 5.82. The van der Waals surface area contributed by atoms with E-state index in [2.05, 4.69) is 24.1 Å². The van der Waals surface area contributed by atoms with E-state index in [0.717, 1.165) is 12.0 Å². The van der Waals surface area contributed by atoms with Gasteiger partial charge in [-0.15, -0.1) is 0 Å². The lowest BCUT2D eigenvalue weighted by atomic mass is 9.83. The Morgan fingerprint density at radius 2 is 1.71 bits per heavy atom. The molecule has 1 N–H and O–H groups in total. The van der Waals surface area contributed by atoms with Crippen LogP contribution in [0.4, 0.5) is 0 Å². The molecule has 0 spiro atoms. The monoisotopic (exact) mass is 238 g/mol. The van der Waals surface area contributed by atoms with E-state index in [0.29, 0.717) is 18.2 Å². The van der Waals surface area contributed by atoms with Crippen LogP contribution in [0.25, 0.3) is 0 Å². The van der Waals surface area contributed by atoms with Crippen molar-refractivity contribution >= 4 is 0 Å². The predicted octanol–water partition coefficient (Wildman–Crippen LogP) is 1.63. The summed E-state index contributed by atoms with van der Waals surface area (Å²) < 4.78 is 5.82. The third-order valence-electron chi connectivity index (χ3n) is 4.80. The van der Waals surface area contributed by atoms with E-state index in [4.69, 9.17) is 4.74 Å². The fourth-order valence-corrected chi connectivity index (χ4v) is 4.00. The smallest absolute Gasteiger partial charge is 0.0565 e. The van der Waals surface area contributed by atoms with Gasteiger partial charge in [0.1, 0.15) is 0 Å². The third kappa shape index (κ3) is 2.67. The van der Waals surface area contributed by atoms with E-state index < -0.39 is 0 Å². The van der Waals surface area contributed by atoms with Crippen LogP contribution in [-0.2, 0) is 4.74 Å². The minimum absolute atomic E-state index is 0.428. The summed E-state index contributed by atoms with van der Waals surface area (Å²) in [6, 6.07) is 1.43. The fraction of sp³-hybridized carbons (Fsp3) is 1.00. The van der Waals surface area contributed by atoms with Crippen molar-refractivity contribution in [3.8, 4) is 0 Å². The molecule has 17 heavy (non-hydrogen) atoms. The number of hydrogen-bond acceptors (Lipinski definition) is 3. The molecule has 0 amide bonds. The Balaban J connectivity index is 1.56. The van der Waals surface area contributed by atoms with Gasteiger partial charge in [0.15, 0.2) is 0 Å². The van der Waals surface area contributed by atoms with Gasteiger partial charge in [0.2, 0.25) is 0 Å². The van der Waals surface area contributed by atoms with E-state index in [-0.39, 0.29) is 0 Å². The molecule has 3 nitrogen and oxygen atoms in total. The molecule has 4 rings (SSSR count). The lowest BCUT2D eigenvalue weighted by Crippen LogP contribution is -2.59. The topological polar surface area (TPSA) is 24.5 Å². The van der Waals surface area contributed by atoms with Gasteiger partial charge in [-0.1, -0.05) is 0 Å². The zero-order valence-electron chi connectivity index (χ0n) is 11.2. The van der Waals surface area contributed by atoms with Crippen LogP contribution in [0.3, 0.4) is 0 Å². The summed E-state index contributed by atoms with van der Waals surface area (Å²) in [7, 11) is 0. The van der Waals surface area contributed by atoms with Crippen molar-refractivity contribution < 1.29 is 4.74 Å². The Hall–Kier alpha value is -0.120. The number of nitrogens with one attached hydrogen (secondary N) is 1. The van der Waals surface area contributed by atoms with Crippen LogP contribution in [0.5, 0.6) is 0 Å². The van der Waals surface area contributed by atoms with Crippen molar-refractivity contribution in [1.82, 2.24) is 10.2 Å². The van der Waals surface area contributed by atoms with E-state index in [1.807, 2.05) is 0 Å². The van der Waals surface area contributed by atoms with Gasteiger partial charge in [0.25, 0.3) is 0 Å². The highest BCUT2D eigenvalue weighted by atomic mass is 16.5. The van der Waals surface area contributed by atoms with Crippen LogP contribution in [-0.4, -0.2) is 48.8 Å². The molecule has 0 saturated carbocycles. The number of nitrogens with zero attached hydrogens (tertiary/aromatic N) is 1. The molecule has 0 aromatic heterocycles. The zero-order chi connectivity index (χ0) is 11.8. The average molecular weight is 238 g/mol. The van der Waals surface area contributed by atoms with Gasteiger partial charge in [-0.3, -0.25) is 0 Å². The maximum atomic E-state index is 5.82. The third-order valence-corrected chi connectivity index (χ3v) is 4.80. The van der Waals surface area contributed by atoms with Crippen molar-refractivity contribution in [3.63, 3.8) is 0 Å². The largest absolute Gasteiger partial charge is 0.375 e. The van der Waals surface area contributed by atoms with Gasteiger partial charge in [-0.25, -0.2) is 0 Å². The summed E-state index contributed by atoms with van der Waals surface area (Å²) in [5.74, 6) is 0.938. The van der Waals surface area contributed by atoms with Crippen molar-refractivity contribution in [1.29, 1.82) is 0 Å². The molecule has 0 aromatic rings. The van der Waals surface area contributed by atoms with E-state index >= 15 is 0 Å². The van der Waals surface area contributed by atoms with Gasteiger partial charge in [0, 0.05) is 18.6 Å². The Morgan fingerprint density at radius 1 is 1.06 bits per heavy atom. The van der Waals surface area contributed by atoms with Gasteiger partial charge in [0.05, 0.1) is 12.2 Å². The molecule has 0 aliphatic carbocycles. The summed E-state index contributed by atoms with van der Waals surface area (Å²) in [6.07, 6.45) is 6.05. The van der Waals surface area contributed by atoms with Gasteiger partial charge >= 0.3 is 0 Å². The highest BCUT2D eigenvalue weighted by Crippen LogP contribution is 2.29. The number of hydrogen-bond donors (Lipinski definition) is 1. The SMILES string of the molecule is CC1CC(NC2CN3CCC2CC3)CC(C)O1. The summed E-state index contributed by atoms with van der Waals surface area (Å²) in [5, 5.41) is 3.93. The minimum Gasteiger partial charge on any atom is -0.375 e. The Bertz CT molecular complexity index is 253. The van der Waals surface area contributed by atoms with Crippen molar-refractivity contribution in [3.05, 3.63) is 0 Å². The van der Waals surface area contributed by atoms with E-state index in [1.54, 1.807) is 0 Å². The second-order valence-electron chi connectivity index (χ2n) is 6.34. The van der Waals surface area contributed by atoms with Gasteiger partial charge < -0.3 is 15.0 Å². The Morgan fingerprint density at radius 3 is 2.24 bits per heavy atom. The molecule has 0 aromatic carbocycles. The highest BCUT2D eigenvalue weighted by Gasteiger charge is 2.36. The molecule has 4 saturated heterocycles. The molecule has 4 aliphatic rings. The number of piperidine rings is 3. The quantitative estimate of drug-likeness (QED) is 0.791. The summed E-state index contributed by atoms with van der Waals surface area (Å²) in [5.41, 5.74) is 0. The molecule has 2 bridgehead atoms. The van der Waals surface area contributed by atoms with E-state index in [9.17, 15) is 0 Å². The molecule has 98 valence electrons. The highest BCUT2D eigenvalue weighted by molar-refractivity contribution is 4.93. The molecular formula is C14H26N2O. The van der Waals surface area contributed by atoms with Crippen LogP contribution in [0, 0.1) is 5.92 Å². The molecule has 3 unspecified atom stereocenters. The number of ether oxygens (including phenoxy) is 1. The summed E-state index contributed by atoms with van der Waals surface area (Å²) in [6.45, 7) is 8.37. The molecular weight excluding hydrogens is 212 g/mol. The lowest BCUT2D eigenvalue weighted by Gasteiger charge is -2.47. The van der Waals surface area contributed by atoms with Crippen molar-refractivity contribution in [2.75, 3.05) is 19.6 Å². The van der Waals surface area contributed by atoms with Crippen LogP contribution < -0.4 is 5.32 Å². The Labute approximate surface area is 105 Å². The zero-order valence-corrected chi connectivity index (χ0v) is 11.2. The molecule has 3 atom stereocenters. The van der Waals surface area contributed by atoms with Crippen LogP contribution in [0.15, 0.2) is 0 Å². The number of fused-ring (bicyclic) bond motifs is 3. The molecule has 4 heterocycles. The summed E-state index contributed by atoms with van der Waals surface area (Å²) >= 11 is 0. The molecule has 0 radical (unpaired) electrons. The van der Waals surface area contributed by atoms with Crippen molar-refractivity contribution in [2.45, 2.75) is 63.8 Å². The van der Waals surface area contributed by atoms with Crippen LogP contribution >= 0.6 is 0 Å². The van der Waals surface area contributed by atoms with E-state index in [1.165, 1.54) is 45.3 Å². The van der Waals surface area contributed by atoms with Gasteiger partial charge in [-0.2, -0.15) is 0 Å². The first kappa shape index (κ1) is 11.9. The first-order chi connectivity index (χ1) is 8.20. The number of rotatable bonds is 2. The van der Waals surface area contributed by atoms with Crippen molar-refractivity contribution in [2.24, 2.45) is 5.92 Å². The second kappa shape index (κ2) is 4.87. The predicted molar refractivity (Wildman–Crippen MR) is 69.1 cm³/mol. The lowest BCUT2D eigenvalue weighted by molar-refractivity contribution is -0.0485. The molecule has 3 heteroatoms. The van der Waals surface area contributed by atoms with Gasteiger partial charge in [-0.05, 0) is 58.5 Å². The summed E-state index contributed by atoms with van der Waals surface area (Å²) in [4.78, 5) is 2.63.